The van der Waals surface area contributed by atoms with Gasteiger partial charge in [0.05, 0.1) is 31.1 Å². The number of methoxy groups -OCH3 is 2. The smallest absolute Gasteiger partial charge is 0.202 e. The number of nitrogens with one attached hydrogen (secondary N) is 3. The Hall–Kier alpha value is -4.41. The number of halogens is 1. The highest BCUT2D eigenvalue weighted by molar-refractivity contribution is 6.33. The fourth-order valence-electron chi connectivity index (χ4n) is 7.26. The first kappa shape index (κ1) is 31.2. The molecule has 4 heterocycles. The second-order valence-corrected chi connectivity index (χ2v) is 13.1. The number of rotatable bonds is 10. The summed E-state index contributed by atoms with van der Waals surface area (Å²) in [6, 6.07) is 19.1. The first-order valence-electron chi connectivity index (χ1n) is 16.3. The van der Waals surface area contributed by atoms with Crippen LogP contribution in [-0.2, 0) is 6.54 Å². The zero-order valence-corrected chi connectivity index (χ0v) is 27.8. The average molecular weight is 653 g/mol. The molecular weight excluding hydrogens is 612 g/mol. The number of pyridine rings is 1. The minimum absolute atomic E-state index is 0.287. The van der Waals surface area contributed by atoms with Gasteiger partial charge in [0.1, 0.15) is 28.7 Å². The summed E-state index contributed by atoms with van der Waals surface area (Å²) in [6.45, 7) is 4.78. The third-order valence-electron chi connectivity index (χ3n) is 10.1. The van der Waals surface area contributed by atoms with Crippen LogP contribution in [0.5, 0.6) is 11.5 Å². The van der Waals surface area contributed by atoms with Gasteiger partial charge >= 0.3 is 0 Å². The molecule has 0 bridgehead atoms. The molecule has 0 radical (unpaired) electrons. The Kier molecular flexibility index (Phi) is 8.88. The number of hydrogen-bond acceptors (Lipinski definition) is 9. The summed E-state index contributed by atoms with van der Waals surface area (Å²) in [7, 11) is 3.37. The van der Waals surface area contributed by atoms with Crippen molar-refractivity contribution >= 4 is 34.4 Å². The van der Waals surface area contributed by atoms with Crippen molar-refractivity contribution in [3.05, 3.63) is 83.1 Å². The lowest BCUT2D eigenvalue weighted by Gasteiger charge is -2.44. The van der Waals surface area contributed by atoms with Crippen molar-refractivity contribution in [1.82, 2.24) is 30.5 Å². The van der Waals surface area contributed by atoms with E-state index in [0.29, 0.717) is 40.0 Å². The van der Waals surface area contributed by atoms with E-state index in [0.717, 1.165) is 60.1 Å². The van der Waals surface area contributed by atoms with Crippen LogP contribution in [-0.4, -0.2) is 58.5 Å². The highest BCUT2D eigenvalue weighted by Crippen LogP contribution is 2.47. The minimum Gasteiger partial charge on any atom is -0.497 e. The second kappa shape index (κ2) is 13.4. The molecule has 1 unspecified atom stereocenters. The van der Waals surface area contributed by atoms with Gasteiger partial charge in [-0.15, -0.1) is 0 Å². The van der Waals surface area contributed by atoms with E-state index >= 15 is 0 Å². The molecule has 11 heteroatoms. The standard InChI is InChI=1S/C36H41ClN8O2/c1-23(25-8-12-27(47-3)13-9-25)41-30-5-4-14-36(30)15-17-45(18-16-36)32-22-40-34-33(43-44-35(34)42-32)28-19-31(39-21-29(28)37)38-20-24-6-10-26(46-2)11-7-24/h6-13,19,21-23,30,41H,4-5,14-18,20H2,1-3H3,(H,38,39)(H,42,43,44)/t23?,30-/m1/s1. The Morgan fingerprint density at radius 2 is 1.70 bits per heavy atom. The molecule has 2 aliphatic rings. The van der Waals surface area contributed by atoms with Crippen molar-refractivity contribution < 1.29 is 9.47 Å². The number of aromatic nitrogens is 5. The number of fused-ring (bicyclic) bond motifs is 1. The first-order chi connectivity index (χ1) is 22.9. The van der Waals surface area contributed by atoms with Crippen LogP contribution in [0.15, 0.2) is 67.0 Å². The molecule has 3 N–H and O–H groups in total. The van der Waals surface area contributed by atoms with Gasteiger partial charge in [-0.2, -0.15) is 5.10 Å². The van der Waals surface area contributed by atoms with Crippen molar-refractivity contribution in [3.8, 4) is 22.8 Å². The Morgan fingerprint density at radius 1 is 0.979 bits per heavy atom. The summed E-state index contributed by atoms with van der Waals surface area (Å²) in [4.78, 5) is 16.6. The molecule has 1 saturated heterocycles. The number of ether oxygens (including phenoxy) is 2. The van der Waals surface area contributed by atoms with Gasteiger partial charge in [-0.25, -0.2) is 15.0 Å². The van der Waals surface area contributed by atoms with Gasteiger partial charge in [0.15, 0.2) is 0 Å². The van der Waals surface area contributed by atoms with E-state index in [1.165, 1.54) is 24.8 Å². The number of anilines is 2. The SMILES string of the molecule is COc1ccc(CNc2cc(-c3[nH]nc4nc(N5CCC6(CCC[C@H]6NC(C)c6ccc(OC)cc6)CC5)cnc34)c(Cl)cn2)cc1. The summed E-state index contributed by atoms with van der Waals surface area (Å²) >= 11 is 6.62. The normalized spacial score (nSPS) is 18.0. The predicted octanol–water partition coefficient (Wildman–Crippen LogP) is 7.19. The summed E-state index contributed by atoms with van der Waals surface area (Å²) < 4.78 is 10.6. The highest BCUT2D eigenvalue weighted by Gasteiger charge is 2.45. The molecule has 2 fully saturated rings. The summed E-state index contributed by atoms with van der Waals surface area (Å²) in [5, 5.41) is 15.6. The van der Waals surface area contributed by atoms with E-state index in [9.17, 15) is 0 Å². The Balaban J connectivity index is 1.01. The molecule has 1 saturated carbocycles. The zero-order chi connectivity index (χ0) is 32.4. The van der Waals surface area contributed by atoms with Gasteiger partial charge in [0, 0.05) is 43.5 Å². The summed E-state index contributed by atoms with van der Waals surface area (Å²) in [5.41, 5.74) is 5.47. The number of aromatic amines is 1. The molecule has 244 valence electrons. The molecule has 1 aliphatic carbocycles. The van der Waals surface area contributed by atoms with Gasteiger partial charge in [-0.3, -0.25) is 5.10 Å². The zero-order valence-electron chi connectivity index (χ0n) is 27.1. The molecule has 2 aromatic carbocycles. The van der Waals surface area contributed by atoms with Crippen LogP contribution in [0.4, 0.5) is 11.6 Å². The lowest BCUT2D eigenvalue weighted by atomic mass is 9.73. The topological polar surface area (TPSA) is 113 Å². The maximum absolute atomic E-state index is 6.62. The Labute approximate surface area is 280 Å². The van der Waals surface area contributed by atoms with Gasteiger partial charge in [-0.05, 0) is 79.5 Å². The van der Waals surface area contributed by atoms with Crippen molar-refractivity contribution in [1.29, 1.82) is 0 Å². The highest BCUT2D eigenvalue weighted by atomic mass is 35.5. The van der Waals surface area contributed by atoms with E-state index in [-0.39, 0.29) is 6.04 Å². The Bertz CT molecular complexity index is 1820. The van der Waals surface area contributed by atoms with Crippen molar-refractivity contribution in [2.75, 3.05) is 37.5 Å². The molecular formula is C36H41ClN8O2. The lowest BCUT2D eigenvalue weighted by molar-refractivity contribution is 0.163. The van der Waals surface area contributed by atoms with Crippen LogP contribution in [0.25, 0.3) is 22.4 Å². The molecule has 1 spiro atoms. The quantitative estimate of drug-likeness (QED) is 0.144. The Morgan fingerprint density at radius 3 is 2.43 bits per heavy atom. The largest absolute Gasteiger partial charge is 0.497 e. The van der Waals surface area contributed by atoms with Crippen LogP contribution in [0.3, 0.4) is 0 Å². The van der Waals surface area contributed by atoms with Crippen molar-refractivity contribution in [2.24, 2.45) is 5.41 Å². The van der Waals surface area contributed by atoms with E-state index in [1.807, 2.05) is 48.7 Å². The van der Waals surface area contributed by atoms with Gasteiger partial charge in [0.2, 0.25) is 5.65 Å². The second-order valence-electron chi connectivity index (χ2n) is 12.7. The van der Waals surface area contributed by atoms with E-state index in [4.69, 9.17) is 31.0 Å². The maximum Gasteiger partial charge on any atom is 0.202 e. The monoisotopic (exact) mass is 652 g/mol. The molecule has 0 amide bonds. The summed E-state index contributed by atoms with van der Waals surface area (Å²) in [5.74, 6) is 3.28. The summed E-state index contributed by atoms with van der Waals surface area (Å²) in [6.07, 6.45) is 9.53. The molecule has 3 aromatic heterocycles. The van der Waals surface area contributed by atoms with E-state index in [1.54, 1.807) is 20.4 Å². The van der Waals surface area contributed by atoms with Crippen LogP contribution in [0.1, 0.15) is 56.2 Å². The number of nitrogens with zero attached hydrogens (tertiary/aromatic N) is 5. The fourth-order valence-corrected chi connectivity index (χ4v) is 7.46. The van der Waals surface area contributed by atoms with E-state index < -0.39 is 0 Å². The average Bonchev–Trinajstić information content (AvgIpc) is 3.71. The van der Waals surface area contributed by atoms with Gasteiger partial charge < -0.3 is 25.0 Å². The molecule has 10 nitrogen and oxygen atoms in total. The lowest BCUT2D eigenvalue weighted by Crippen LogP contribution is -2.49. The number of benzene rings is 2. The van der Waals surface area contributed by atoms with Crippen molar-refractivity contribution in [2.45, 2.75) is 57.7 Å². The van der Waals surface area contributed by atoms with E-state index in [2.05, 4.69) is 49.8 Å². The van der Waals surface area contributed by atoms with Crippen LogP contribution < -0.4 is 25.0 Å². The number of H-pyrrole nitrogens is 1. The maximum atomic E-state index is 6.62. The van der Waals surface area contributed by atoms with Crippen molar-refractivity contribution in [3.63, 3.8) is 0 Å². The van der Waals surface area contributed by atoms with Crippen LogP contribution >= 0.6 is 11.6 Å². The van der Waals surface area contributed by atoms with Crippen LogP contribution in [0.2, 0.25) is 5.02 Å². The predicted molar refractivity (Wildman–Crippen MR) is 186 cm³/mol. The number of hydrogen-bond donors (Lipinski definition) is 3. The molecule has 7 rings (SSSR count). The molecule has 47 heavy (non-hydrogen) atoms. The van der Waals surface area contributed by atoms with Gasteiger partial charge in [0.25, 0.3) is 0 Å². The number of piperidine rings is 1. The van der Waals surface area contributed by atoms with Crippen LogP contribution in [0, 0.1) is 5.41 Å². The third-order valence-corrected chi connectivity index (χ3v) is 10.4. The molecule has 5 aromatic rings. The van der Waals surface area contributed by atoms with Gasteiger partial charge in [-0.1, -0.05) is 42.3 Å². The fraction of sp³-hybridized carbons (Fsp3) is 0.389. The first-order valence-corrected chi connectivity index (χ1v) is 16.7. The third kappa shape index (κ3) is 6.44. The molecule has 1 aliphatic heterocycles. The molecule has 2 atom stereocenters. The minimum atomic E-state index is 0.287.